The lowest BCUT2D eigenvalue weighted by Gasteiger charge is -2.31. The van der Waals surface area contributed by atoms with Crippen molar-refractivity contribution in [1.29, 1.82) is 0 Å². The fourth-order valence-corrected chi connectivity index (χ4v) is 4.41. The second-order valence-electron chi connectivity index (χ2n) is 6.76. The van der Waals surface area contributed by atoms with Crippen LogP contribution in [0.1, 0.15) is 36.6 Å². The van der Waals surface area contributed by atoms with Crippen LogP contribution in [0.5, 0.6) is 0 Å². The van der Waals surface area contributed by atoms with Crippen LogP contribution in [0.25, 0.3) is 0 Å². The summed E-state index contributed by atoms with van der Waals surface area (Å²) in [6.07, 6.45) is 7.60. The SMILES string of the molecule is O=C1CCCC2=C1[C@@H](c1cccnc1)n1nc(SCc3ccccn3)nc1N2. The van der Waals surface area contributed by atoms with E-state index in [1.807, 2.05) is 35.0 Å². The van der Waals surface area contributed by atoms with Crippen LogP contribution in [0.2, 0.25) is 0 Å². The standard InChI is InChI=1S/C20H18N6OS/c27-16-8-3-7-15-17(16)18(13-5-4-9-21-11-13)26-19(23-15)24-20(25-26)28-12-14-6-1-2-10-22-14/h1-2,4-6,9-11,18H,3,7-8,12H2,(H,23,24,25)/t18-/m1/s1. The van der Waals surface area contributed by atoms with Crippen LogP contribution in [0.15, 0.2) is 65.3 Å². The smallest absolute Gasteiger partial charge is 0.227 e. The lowest BCUT2D eigenvalue weighted by molar-refractivity contribution is -0.116. The summed E-state index contributed by atoms with van der Waals surface area (Å²) < 4.78 is 1.82. The summed E-state index contributed by atoms with van der Waals surface area (Å²) in [5.74, 6) is 1.53. The molecule has 7 nitrogen and oxygen atoms in total. The first-order valence-electron chi connectivity index (χ1n) is 9.22. The second-order valence-corrected chi connectivity index (χ2v) is 7.70. The highest BCUT2D eigenvalue weighted by atomic mass is 32.2. The molecule has 2 aliphatic rings. The minimum absolute atomic E-state index is 0.173. The van der Waals surface area contributed by atoms with Crippen LogP contribution >= 0.6 is 11.8 Å². The van der Waals surface area contributed by atoms with Crippen molar-refractivity contribution in [3.05, 3.63) is 71.4 Å². The summed E-state index contributed by atoms with van der Waals surface area (Å²) in [5.41, 5.74) is 3.67. The van der Waals surface area contributed by atoms with Gasteiger partial charge in [-0.1, -0.05) is 23.9 Å². The number of nitrogens with zero attached hydrogens (tertiary/aromatic N) is 5. The summed E-state index contributed by atoms with van der Waals surface area (Å²) >= 11 is 1.53. The Kier molecular flexibility index (Phi) is 4.40. The lowest BCUT2D eigenvalue weighted by Crippen LogP contribution is -2.31. The number of carbonyl (C=O) groups is 1. The summed E-state index contributed by atoms with van der Waals surface area (Å²) in [6, 6.07) is 9.44. The Morgan fingerprint density at radius 3 is 2.96 bits per heavy atom. The summed E-state index contributed by atoms with van der Waals surface area (Å²) in [5, 5.41) is 8.72. The van der Waals surface area contributed by atoms with Crippen molar-refractivity contribution in [3.8, 4) is 0 Å². The van der Waals surface area contributed by atoms with Gasteiger partial charge in [-0.2, -0.15) is 4.98 Å². The highest BCUT2D eigenvalue weighted by Crippen LogP contribution is 2.40. The second kappa shape index (κ2) is 7.20. The zero-order chi connectivity index (χ0) is 18.9. The number of Topliss-reactive ketones (excluding diaryl/α,β-unsaturated/α-hetero) is 1. The van der Waals surface area contributed by atoms with E-state index in [9.17, 15) is 4.79 Å². The fraction of sp³-hybridized carbons (Fsp3) is 0.250. The molecule has 3 aromatic heterocycles. The van der Waals surface area contributed by atoms with Gasteiger partial charge >= 0.3 is 0 Å². The monoisotopic (exact) mass is 390 g/mol. The maximum Gasteiger partial charge on any atom is 0.227 e. The number of aromatic nitrogens is 5. The van der Waals surface area contributed by atoms with Crippen LogP contribution in [0.3, 0.4) is 0 Å². The van der Waals surface area contributed by atoms with E-state index in [-0.39, 0.29) is 11.8 Å². The quantitative estimate of drug-likeness (QED) is 0.684. The molecule has 5 rings (SSSR count). The van der Waals surface area contributed by atoms with E-state index in [0.29, 0.717) is 23.3 Å². The van der Waals surface area contributed by atoms with Gasteiger partial charge in [-0.3, -0.25) is 14.8 Å². The van der Waals surface area contributed by atoms with Crippen LogP contribution in [-0.2, 0) is 10.5 Å². The maximum atomic E-state index is 12.7. The number of ketones is 1. The highest BCUT2D eigenvalue weighted by Gasteiger charge is 2.36. The topological polar surface area (TPSA) is 85.6 Å². The molecule has 1 atom stereocenters. The molecular formula is C20H18N6OS. The van der Waals surface area contributed by atoms with Crippen molar-refractivity contribution >= 4 is 23.5 Å². The zero-order valence-electron chi connectivity index (χ0n) is 15.1. The summed E-state index contributed by atoms with van der Waals surface area (Å²) in [4.78, 5) is 26.0. The van der Waals surface area contributed by atoms with E-state index in [4.69, 9.17) is 5.10 Å². The largest absolute Gasteiger partial charge is 0.328 e. The third-order valence-electron chi connectivity index (χ3n) is 4.92. The molecule has 0 amide bonds. The number of allylic oxidation sites excluding steroid dienone is 2. The van der Waals surface area contributed by atoms with E-state index >= 15 is 0 Å². The summed E-state index contributed by atoms with van der Waals surface area (Å²) in [6.45, 7) is 0. The van der Waals surface area contributed by atoms with Gasteiger partial charge in [0.1, 0.15) is 6.04 Å². The number of fused-ring (bicyclic) bond motifs is 1. The van der Waals surface area contributed by atoms with E-state index in [1.165, 1.54) is 11.8 Å². The van der Waals surface area contributed by atoms with Crippen LogP contribution < -0.4 is 5.32 Å². The molecule has 1 aliphatic carbocycles. The highest BCUT2D eigenvalue weighted by molar-refractivity contribution is 7.98. The zero-order valence-corrected chi connectivity index (χ0v) is 15.9. The molecule has 1 N–H and O–H groups in total. The van der Waals surface area contributed by atoms with Gasteiger partial charge in [0.2, 0.25) is 11.1 Å². The van der Waals surface area contributed by atoms with E-state index < -0.39 is 0 Å². The first-order valence-corrected chi connectivity index (χ1v) is 10.2. The Hall–Kier alpha value is -3.00. The van der Waals surface area contributed by atoms with E-state index in [2.05, 4.69) is 20.3 Å². The molecule has 0 aromatic carbocycles. The van der Waals surface area contributed by atoms with E-state index in [1.54, 1.807) is 18.6 Å². The third-order valence-corrected chi connectivity index (χ3v) is 5.80. The Bertz CT molecular complexity index is 1050. The Morgan fingerprint density at radius 2 is 2.14 bits per heavy atom. The average Bonchev–Trinajstić information content (AvgIpc) is 3.15. The van der Waals surface area contributed by atoms with Crippen LogP contribution in [0.4, 0.5) is 5.95 Å². The van der Waals surface area contributed by atoms with Crippen LogP contribution in [-0.4, -0.2) is 30.5 Å². The first-order chi connectivity index (χ1) is 13.8. The molecule has 0 spiro atoms. The minimum atomic E-state index is -0.288. The molecular weight excluding hydrogens is 372 g/mol. The molecule has 0 unspecified atom stereocenters. The van der Waals surface area contributed by atoms with E-state index in [0.717, 1.165) is 35.4 Å². The molecule has 4 heterocycles. The average molecular weight is 390 g/mol. The van der Waals surface area contributed by atoms with Gasteiger partial charge in [-0.05, 0) is 36.6 Å². The molecule has 0 radical (unpaired) electrons. The molecule has 0 saturated heterocycles. The number of anilines is 1. The Labute approximate surface area is 166 Å². The molecule has 0 fully saturated rings. The predicted octanol–water partition coefficient (Wildman–Crippen LogP) is 3.38. The van der Waals surface area contributed by atoms with Gasteiger partial charge in [0.15, 0.2) is 5.78 Å². The molecule has 1 aliphatic heterocycles. The van der Waals surface area contributed by atoms with Crippen molar-refractivity contribution < 1.29 is 4.79 Å². The number of thioether (sulfide) groups is 1. The van der Waals surface area contributed by atoms with Gasteiger partial charge in [-0.25, -0.2) is 4.68 Å². The van der Waals surface area contributed by atoms with Gasteiger partial charge in [0, 0.05) is 42.0 Å². The minimum Gasteiger partial charge on any atom is -0.328 e. The van der Waals surface area contributed by atoms with Crippen molar-refractivity contribution in [2.45, 2.75) is 36.2 Å². The molecule has 140 valence electrons. The van der Waals surface area contributed by atoms with Crippen molar-refractivity contribution in [2.24, 2.45) is 0 Å². The van der Waals surface area contributed by atoms with Crippen molar-refractivity contribution in [1.82, 2.24) is 24.7 Å². The number of carbonyl (C=O) groups excluding carboxylic acids is 1. The predicted molar refractivity (Wildman–Crippen MR) is 106 cm³/mol. The van der Waals surface area contributed by atoms with Gasteiger partial charge in [-0.15, -0.1) is 5.10 Å². The van der Waals surface area contributed by atoms with Crippen molar-refractivity contribution in [3.63, 3.8) is 0 Å². The lowest BCUT2D eigenvalue weighted by atomic mass is 9.86. The molecule has 8 heteroatoms. The molecule has 0 bridgehead atoms. The number of rotatable bonds is 4. The number of hydrogen-bond acceptors (Lipinski definition) is 7. The normalized spacial score (nSPS) is 18.4. The maximum absolute atomic E-state index is 12.7. The van der Waals surface area contributed by atoms with Gasteiger partial charge in [0.05, 0.1) is 5.69 Å². The molecule has 28 heavy (non-hydrogen) atoms. The Balaban J connectivity index is 1.51. The number of pyridine rings is 2. The summed E-state index contributed by atoms with van der Waals surface area (Å²) in [7, 11) is 0. The van der Waals surface area contributed by atoms with Crippen molar-refractivity contribution in [2.75, 3.05) is 5.32 Å². The van der Waals surface area contributed by atoms with Gasteiger partial charge in [0.25, 0.3) is 0 Å². The molecule has 3 aromatic rings. The first kappa shape index (κ1) is 17.1. The number of nitrogens with one attached hydrogen (secondary N) is 1. The molecule has 0 saturated carbocycles. The van der Waals surface area contributed by atoms with Gasteiger partial charge < -0.3 is 5.32 Å². The Morgan fingerprint density at radius 1 is 1.18 bits per heavy atom. The third kappa shape index (κ3) is 3.09. The fourth-order valence-electron chi connectivity index (χ4n) is 3.67. The van der Waals surface area contributed by atoms with Crippen LogP contribution in [0, 0.1) is 0 Å². The number of hydrogen-bond donors (Lipinski definition) is 1.